The molecule has 0 aliphatic carbocycles. The molecule has 1 aliphatic heterocycles. The highest BCUT2D eigenvalue weighted by Gasteiger charge is 2.34. The first-order valence-electron chi connectivity index (χ1n) is 5.75. The van der Waals surface area contributed by atoms with Crippen molar-refractivity contribution >= 4 is 5.97 Å². The van der Waals surface area contributed by atoms with E-state index in [2.05, 4.69) is 0 Å². The normalized spacial score (nSPS) is 25.0. The van der Waals surface area contributed by atoms with Gasteiger partial charge in [-0.15, -0.1) is 0 Å². The van der Waals surface area contributed by atoms with Crippen LogP contribution < -0.4 is 0 Å². The van der Waals surface area contributed by atoms with Crippen molar-refractivity contribution in [2.75, 3.05) is 13.6 Å². The Labute approximate surface area is 101 Å². The van der Waals surface area contributed by atoms with E-state index in [9.17, 15) is 4.79 Å². The molecule has 1 heterocycles. The van der Waals surface area contributed by atoms with Gasteiger partial charge in [0.25, 0.3) is 0 Å². The van der Waals surface area contributed by atoms with Crippen LogP contribution in [-0.4, -0.2) is 41.7 Å². The van der Waals surface area contributed by atoms with Crippen LogP contribution in [0.25, 0.3) is 0 Å². The molecule has 0 bridgehead atoms. The van der Waals surface area contributed by atoms with Crippen LogP contribution in [0.5, 0.6) is 0 Å². The topological polar surface area (TPSA) is 49.8 Å². The Morgan fingerprint density at radius 2 is 2.18 bits per heavy atom. The molecule has 0 spiro atoms. The van der Waals surface area contributed by atoms with E-state index in [1.165, 1.54) is 0 Å². The molecule has 4 nitrogen and oxygen atoms in total. The van der Waals surface area contributed by atoms with E-state index in [0.717, 1.165) is 5.56 Å². The van der Waals surface area contributed by atoms with Gasteiger partial charge in [0.1, 0.15) is 6.04 Å². The Morgan fingerprint density at radius 1 is 1.47 bits per heavy atom. The van der Waals surface area contributed by atoms with Crippen LogP contribution in [-0.2, 0) is 16.1 Å². The van der Waals surface area contributed by atoms with Gasteiger partial charge in [0.05, 0.1) is 12.7 Å². The summed E-state index contributed by atoms with van der Waals surface area (Å²) in [7, 11) is 1.82. The van der Waals surface area contributed by atoms with Gasteiger partial charge in [-0.3, -0.25) is 9.69 Å². The van der Waals surface area contributed by atoms with E-state index in [-0.39, 0.29) is 6.10 Å². The number of nitrogens with zero attached hydrogens (tertiary/aromatic N) is 1. The molecule has 0 amide bonds. The average molecular weight is 235 g/mol. The highest BCUT2D eigenvalue weighted by molar-refractivity contribution is 5.73. The highest BCUT2D eigenvalue weighted by atomic mass is 16.5. The molecule has 1 aromatic carbocycles. The number of carbonyl (C=O) groups is 1. The third-order valence-corrected chi connectivity index (χ3v) is 3.12. The van der Waals surface area contributed by atoms with Crippen molar-refractivity contribution in [3.05, 3.63) is 35.9 Å². The average Bonchev–Trinajstić information content (AvgIpc) is 2.69. The minimum absolute atomic E-state index is 0.0151. The standard InChI is InChI=1S/C13H17NO3/c1-14-8-11(7-12(14)13(15)16)17-9-10-5-3-2-4-6-10/h2-6,11-12H,7-9H2,1H3,(H,15,16)/t11-,12+/m1/s1. The number of aliphatic carboxylic acids is 1. The monoisotopic (exact) mass is 235 g/mol. The number of hydrogen-bond acceptors (Lipinski definition) is 3. The molecule has 1 N–H and O–H groups in total. The van der Waals surface area contributed by atoms with Gasteiger partial charge >= 0.3 is 5.97 Å². The minimum atomic E-state index is -0.765. The molecule has 92 valence electrons. The van der Waals surface area contributed by atoms with Gasteiger partial charge in [0.2, 0.25) is 0 Å². The summed E-state index contributed by atoms with van der Waals surface area (Å²) >= 11 is 0. The maximum absolute atomic E-state index is 10.9. The summed E-state index contributed by atoms with van der Waals surface area (Å²) in [6.07, 6.45) is 0.583. The summed E-state index contributed by atoms with van der Waals surface area (Å²) in [5.41, 5.74) is 1.12. The smallest absolute Gasteiger partial charge is 0.321 e. The summed E-state index contributed by atoms with van der Waals surface area (Å²) in [6.45, 7) is 1.23. The highest BCUT2D eigenvalue weighted by Crippen LogP contribution is 2.19. The number of ether oxygens (including phenoxy) is 1. The first kappa shape index (κ1) is 12.1. The third-order valence-electron chi connectivity index (χ3n) is 3.12. The molecule has 1 fully saturated rings. The van der Waals surface area contributed by atoms with Crippen molar-refractivity contribution < 1.29 is 14.6 Å². The van der Waals surface area contributed by atoms with Gasteiger partial charge in [-0.25, -0.2) is 0 Å². The lowest BCUT2D eigenvalue weighted by Crippen LogP contribution is -2.32. The number of carboxylic acids is 1. The second-order valence-electron chi connectivity index (χ2n) is 4.45. The zero-order chi connectivity index (χ0) is 12.3. The molecule has 1 aliphatic rings. The molecular weight excluding hydrogens is 218 g/mol. The molecule has 2 rings (SSSR count). The summed E-state index contributed by atoms with van der Waals surface area (Å²) in [4.78, 5) is 12.8. The number of benzene rings is 1. The number of hydrogen-bond donors (Lipinski definition) is 1. The third kappa shape index (κ3) is 3.05. The van der Waals surface area contributed by atoms with Crippen molar-refractivity contribution in [3.63, 3.8) is 0 Å². The summed E-state index contributed by atoms with van der Waals surface area (Å²) < 4.78 is 5.73. The fourth-order valence-corrected chi connectivity index (χ4v) is 2.15. The van der Waals surface area contributed by atoms with E-state index in [4.69, 9.17) is 9.84 Å². The fourth-order valence-electron chi connectivity index (χ4n) is 2.15. The Bertz CT molecular complexity index is 380. The SMILES string of the molecule is CN1C[C@H](OCc2ccccc2)C[C@H]1C(=O)O. The molecule has 0 unspecified atom stereocenters. The Hall–Kier alpha value is -1.39. The van der Waals surface area contributed by atoms with Crippen molar-refractivity contribution in [2.45, 2.75) is 25.2 Å². The van der Waals surface area contributed by atoms with Crippen LogP contribution in [0.4, 0.5) is 0 Å². The van der Waals surface area contributed by atoms with E-state index in [1.54, 1.807) is 0 Å². The zero-order valence-electron chi connectivity index (χ0n) is 9.87. The van der Waals surface area contributed by atoms with Crippen LogP contribution in [0.2, 0.25) is 0 Å². The maximum atomic E-state index is 10.9. The number of likely N-dealkylation sites (tertiary alicyclic amines) is 1. The van der Waals surface area contributed by atoms with Crippen molar-refractivity contribution in [2.24, 2.45) is 0 Å². The van der Waals surface area contributed by atoms with Gasteiger partial charge in [-0.1, -0.05) is 30.3 Å². The minimum Gasteiger partial charge on any atom is -0.480 e. The lowest BCUT2D eigenvalue weighted by Gasteiger charge is -2.13. The molecular formula is C13H17NO3. The summed E-state index contributed by atoms with van der Waals surface area (Å²) in [5, 5.41) is 8.99. The molecule has 0 radical (unpaired) electrons. The largest absolute Gasteiger partial charge is 0.480 e. The number of carboxylic acid groups (broad SMARTS) is 1. The zero-order valence-corrected chi connectivity index (χ0v) is 9.87. The first-order chi connectivity index (χ1) is 8.16. The van der Waals surface area contributed by atoms with Gasteiger partial charge in [-0.05, 0) is 12.6 Å². The first-order valence-corrected chi connectivity index (χ1v) is 5.75. The van der Waals surface area contributed by atoms with E-state index in [1.807, 2.05) is 42.3 Å². The second-order valence-corrected chi connectivity index (χ2v) is 4.45. The van der Waals surface area contributed by atoms with Crippen molar-refractivity contribution in [3.8, 4) is 0 Å². The van der Waals surface area contributed by atoms with Crippen LogP contribution in [0.1, 0.15) is 12.0 Å². The van der Waals surface area contributed by atoms with Gasteiger partial charge in [-0.2, -0.15) is 0 Å². The van der Waals surface area contributed by atoms with E-state index >= 15 is 0 Å². The predicted molar refractivity (Wildman–Crippen MR) is 63.7 cm³/mol. The Morgan fingerprint density at radius 3 is 2.76 bits per heavy atom. The van der Waals surface area contributed by atoms with Crippen molar-refractivity contribution in [1.82, 2.24) is 4.90 Å². The lowest BCUT2D eigenvalue weighted by molar-refractivity contribution is -0.141. The Kier molecular flexibility index (Phi) is 3.76. The molecule has 0 aromatic heterocycles. The van der Waals surface area contributed by atoms with Crippen LogP contribution in [0, 0.1) is 0 Å². The number of rotatable bonds is 4. The fraction of sp³-hybridized carbons (Fsp3) is 0.462. The molecule has 2 atom stereocenters. The van der Waals surface area contributed by atoms with E-state index in [0.29, 0.717) is 19.6 Å². The molecule has 1 saturated heterocycles. The second kappa shape index (κ2) is 5.29. The van der Waals surface area contributed by atoms with Crippen LogP contribution in [0.3, 0.4) is 0 Å². The predicted octanol–water partition coefficient (Wildman–Crippen LogP) is 1.36. The van der Waals surface area contributed by atoms with Crippen molar-refractivity contribution in [1.29, 1.82) is 0 Å². The maximum Gasteiger partial charge on any atom is 0.321 e. The quantitative estimate of drug-likeness (QED) is 0.856. The van der Waals surface area contributed by atoms with Crippen LogP contribution >= 0.6 is 0 Å². The van der Waals surface area contributed by atoms with Gasteiger partial charge < -0.3 is 9.84 Å². The van der Waals surface area contributed by atoms with E-state index < -0.39 is 12.0 Å². The Balaban J connectivity index is 1.84. The van der Waals surface area contributed by atoms with Gasteiger partial charge in [0, 0.05) is 13.0 Å². The number of likely N-dealkylation sites (N-methyl/N-ethyl adjacent to an activating group) is 1. The van der Waals surface area contributed by atoms with Crippen LogP contribution in [0.15, 0.2) is 30.3 Å². The molecule has 17 heavy (non-hydrogen) atoms. The molecule has 0 saturated carbocycles. The summed E-state index contributed by atoms with van der Waals surface area (Å²) in [6, 6.07) is 9.52. The van der Waals surface area contributed by atoms with Gasteiger partial charge in [0.15, 0.2) is 0 Å². The molecule has 1 aromatic rings. The lowest BCUT2D eigenvalue weighted by atomic mass is 10.2. The molecule has 4 heteroatoms. The summed E-state index contributed by atoms with van der Waals surface area (Å²) in [5.74, 6) is -0.765.